The summed E-state index contributed by atoms with van der Waals surface area (Å²) in [4.78, 5) is 29.6. The molecule has 0 saturated heterocycles. The van der Waals surface area contributed by atoms with E-state index in [0.717, 1.165) is 10.5 Å². The van der Waals surface area contributed by atoms with Gasteiger partial charge in [-0.25, -0.2) is 9.88 Å². The second kappa shape index (κ2) is 3.91. The zero-order valence-electron chi connectivity index (χ0n) is 10.3. The molecule has 0 aliphatic carbocycles. The average Bonchev–Trinajstić information content (AvgIpc) is 2.63. The van der Waals surface area contributed by atoms with Crippen LogP contribution in [-0.2, 0) is 0 Å². The van der Waals surface area contributed by atoms with Gasteiger partial charge in [-0.2, -0.15) is 0 Å². The largest absolute Gasteiger partial charge is 0.384 e. The van der Waals surface area contributed by atoms with Crippen LogP contribution in [0.1, 0.15) is 26.3 Å². The third-order valence-corrected chi connectivity index (χ3v) is 3.07. The van der Waals surface area contributed by atoms with Gasteiger partial charge in [0.15, 0.2) is 0 Å². The van der Waals surface area contributed by atoms with E-state index in [1.165, 1.54) is 6.20 Å². The molecule has 5 nitrogen and oxygen atoms in total. The molecule has 0 atom stereocenters. The number of aryl methyl sites for hydroxylation is 1. The molecular weight excluding hydrogens is 242 g/mol. The van der Waals surface area contributed by atoms with Crippen LogP contribution in [0.15, 0.2) is 36.5 Å². The van der Waals surface area contributed by atoms with Crippen molar-refractivity contribution in [1.82, 2.24) is 4.98 Å². The van der Waals surface area contributed by atoms with Crippen LogP contribution in [0.3, 0.4) is 0 Å². The number of amides is 2. The number of imide groups is 1. The number of aromatic nitrogens is 1. The molecule has 2 amide bonds. The number of benzene rings is 1. The van der Waals surface area contributed by atoms with Gasteiger partial charge in [0.05, 0.1) is 23.0 Å². The first-order valence-electron chi connectivity index (χ1n) is 5.79. The number of nitrogen functional groups attached to an aromatic ring is 1. The van der Waals surface area contributed by atoms with E-state index in [-0.39, 0.29) is 11.8 Å². The Hall–Kier alpha value is -2.69. The quantitative estimate of drug-likeness (QED) is 0.786. The van der Waals surface area contributed by atoms with E-state index >= 15 is 0 Å². The van der Waals surface area contributed by atoms with Crippen molar-refractivity contribution in [3.05, 3.63) is 53.2 Å². The lowest BCUT2D eigenvalue weighted by Gasteiger charge is -2.13. The fraction of sp³-hybridized carbons (Fsp3) is 0.0714. The van der Waals surface area contributed by atoms with Gasteiger partial charge < -0.3 is 5.73 Å². The minimum absolute atomic E-state index is 0.324. The number of nitrogens with two attached hydrogens (primary N) is 1. The van der Waals surface area contributed by atoms with Gasteiger partial charge in [0.25, 0.3) is 11.8 Å². The molecule has 0 radical (unpaired) electrons. The van der Waals surface area contributed by atoms with E-state index in [9.17, 15) is 9.59 Å². The zero-order chi connectivity index (χ0) is 13.6. The minimum Gasteiger partial charge on any atom is -0.384 e. The van der Waals surface area contributed by atoms with Crippen molar-refractivity contribution in [3.63, 3.8) is 0 Å². The highest BCUT2D eigenvalue weighted by Crippen LogP contribution is 2.28. The van der Waals surface area contributed by atoms with E-state index in [0.29, 0.717) is 22.6 Å². The minimum atomic E-state index is -0.327. The van der Waals surface area contributed by atoms with E-state index in [2.05, 4.69) is 4.98 Å². The summed E-state index contributed by atoms with van der Waals surface area (Å²) in [5, 5.41) is 0. The van der Waals surface area contributed by atoms with Crippen LogP contribution in [0.5, 0.6) is 0 Å². The van der Waals surface area contributed by atoms with Gasteiger partial charge in [0.2, 0.25) is 0 Å². The predicted octanol–water partition coefficient (Wildman–Crippen LogP) is 1.77. The molecule has 0 spiro atoms. The summed E-state index contributed by atoms with van der Waals surface area (Å²) in [6, 6.07) is 8.38. The van der Waals surface area contributed by atoms with Crippen molar-refractivity contribution in [2.45, 2.75) is 6.92 Å². The third-order valence-electron chi connectivity index (χ3n) is 3.07. The van der Waals surface area contributed by atoms with Gasteiger partial charge in [0.1, 0.15) is 5.82 Å². The van der Waals surface area contributed by atoms with Gasteiger partial charge in [-0.05, 0) is 31.2 Å². The van der Waals surface area contributed by atoms with Crippen LogP contribution >= 0.6 is 0 Å². The van der Waals surface area contributed by atoms with Gasteiger partial charge in [-0.1, -0.05) is 11.6 Å². The van der Waals surface area contributed by atoms with E-state index in [4.69, 9.17) is 5.73 Å². The zero-order valence-corrected chi connectivity index (χ0v) is 10.3. The smallest absolute Gasteiger partial charge is 0.266 e. The summed E-state index contributed by atoms with van der Waals surface area (Å²) in [6.07, 6.45) is 1.42. The summed E-state index contributed by atoms with van der Waals surface area (Å²) >= 11 is 0. The number of pyridine rings is 1. The first-order valence-corrected chi connectivity index (χ1v) is 5.79. The number of fused-ring (bicyclic) bond motifs is 1. The van der Waals surface area contributed by atoms with Crippen molar-refractivity contribution < 1.29 is 9.59 Å². The first-order chi connectivity index (χ1) is 9.08. The number of rotatable bonds is 1. The highest BCUT2D eigenvalue weighted by atomic mass is 16.2. The van der Waals surface area contributed by atoms with Crippen LogP contribution in [0, 0.1) is 6.92 Å². The molecule has 0 saturated carbocycles. The molecule has 2 aromatic rings. The second-order valence-electron chi connectivity index (χ2n) is 4.44. The summed E-state index contributed by atoms with van der Waals surface area (Å²) in [6.45, 7) is 1.88. The Kier molecular flexibility index (Phi) is 2.35. The lowest BCUT2D eigenvalue weighted by molar-refractivity contribution is 0.0926. The lowest BCUT2D eigenvalue weighted by Crippen LogP contribution is -2.29. The Morgan fingerprint density at radius 3 is 2.47 bits per heavy atom. The van der Waals surface area contributed by atoms with Gasteiger partial charge >= 0.3 is 0 Å². The van der Waals surface area contributed by atoms with Crippen LogP contribution in [0.2, 0.25) is 0 Å². The molecular formula is C14H11N3O2. The maximum absolute atomic E-state index is 12.3. The second-order valence-corrected chi connectivity index (χ2v) is 4.44. The SMILES string of the molecule is Cc1ccc2c(c1)C(=O)N(c1ccc(N)nc1)C2=O. The maximum Gasteiger partial charge on any atom is 0.266 e. The number of nitrogens with zero attached hydrogens (tertiary/aromatic N) is 2. The topological polar surface area (TPSA) is 76.3 Å². The molecule has 3 rings (SSSR count). The third kappa shape index (κ3) is 1.67. The standard InChI is InChI=1S/C14H11N3O2/c1-8-2-4-10-11(6-8)14(19)17(13(10)18)9-3-5-12(15)16-7-9/h2-7H,1H3,(H2,15,16). The molecule has 2 N–H and O–H groups in total. The normalized spacial score (nSPS) is 13.8. The molecule has 94 valence electrons. The molecule has 19 heavy (non-hydrogen) atoms. The Bertz CT molecular complexity index is 692. The molecule has 2 heterocycles. The molecule has 1 aliphatic rings. The lowest BCUT2D eigenvalue weighted by atomic mass is 10.1. The first kappa shape index (κ1) is 11.4. The molecule has 0 bridgehead atoms. The Morgan fingerprint density at radius 2 is 1.79 bits per heavy atom. The van der Waals surface area contributed by atoms with Crippen molar-refractivity contribution in [1.29, 1.82) is 0 Å². The summed E-state index contributed by atoms with van der Waals surface area (Å²) < 4.78 is 0. The van der Waals surface area contributed by atoms with E-state index < -0.39 is 0 Å². The van der Waals surface area contributed by atoms with Crippen molar-refractivity contribution in [3.8, 4) is 0 Å². The summed E-state index contributed by atoms with van der Waals surface area (Å²) in [5.74, 6) is -0.307. The van der Waals surface area contributed by atoms with E-state index in [1.54, 1.807) is 24.3 Å². The molecule has 0 fully saturated rings. The Labute approximate surface area is 109 Å². The van der Waals surface area contributed by atoms with Gasteiger partial charge in [-0.15, -0.1) is 0 Å². The number of hydrogen-bond donors (Lipinski definition) is 1. The highest BCUT2D eigenvalue weighted by Gasteiger charge is 2.36. The maximum atomic E-state index is 12.3. The van der Waals surface area contributed by atoms with Crippen LogP contribution in [-0.4, -0.2) is 16.8 Å². The molecule has 1 aromatic heterocycles. The number of carbonyl (C=O) groups is 2. The number of anilines is 2. The Morgan fingerprint density at radius 1 is 1.05 bits per heavy atom. The van der Waals surface area contributed by atoms with E-state index in [1.807, 2.05) is 13.0 Å². The van der Waals surface area contributed by atoms with Crippen molar-refractivity contribution in [2.24, 2.45) is 0 Å². The molecule has 1 aliphatic heterocycles. The van der Waals surface area contributed by atoms with Gasteiger partial charge in [0, 0.05) is 0 Å². The molecule has 1 aromatic carbocycles. The van der Waals surface area contributed by atoms with Crippen LogP contribution < -0.4 is 10.6 Å². The average molecular weight is 253 g/mol. The Balaban J connectivity index is 2.10. The van der Waals surface area contributed by atoms with Crippen molar-refractivity contribution >= 4 is 23.3 Å². The fourth-order valence-corrected chi connectivity index (χ4v) is 2.12. The summed E-state index contributed by atoms with van der Waals surface area (Å²) in [5.41, 5.74) is 7.73. The number of hydrogen-bond acceptors (Lipinski definition) is 4. The fourth-order valence-electron chi connectivity index (χ4n) is 2.12. The predicted molar refractivity (Wildman–Crippen MR) is 71.0 cm³/mol. The van der Waals surface area contributed by atoms with Crippen molar-refractivity contribution in [2.75, 3.05) is 10.6 Å². The number of carbonyl (C=O) groups excluding carboxylic acids is 2. The van der Waals surface area contributed by atoms with Gasteiger partial charge in [-0.3, -0.25) is 9.59 Å². The van der Waals surface area contributed by atoms with Crippen LogP contribution in [0.25, 0.3) is 0 Å². The summed E-state index contributed by atoms with van der Waals surface area (Å²) in [7, 11) is 0. The molecule has 0 unspecified atom stereocenters. The highest BCUT2D eigenvalue weighted by molar-refractivity contribution is 6.34. The molecule has 5 heteroatoms. The monoisotopic (exact) mass is 253 g/mol. The van der Waals surface area contributed by atoms with Crippen LogP contribution in [0.4, 0.5) is 11.5 Å².